The van der Waals surface area contributed by atoms with Gasteiger partial charge in [-0.3, -0.25) is 4.90 Å². The number of hydrogen-bond donors (Lipinski definition) is 1. The molecule has 0 radical (unpaired) electrons. The Kier molecular flexibility index (Phi) is 6.13. The first-order chi connectivity index (χ1) is 22.7. The van der Waals surface area contributed by atoms with Crippen molar-refractivity contribution in [2.45, 2.75) is 55.6 Å². The first-order valence-corrected chi connectivity index (χ1v) is 16.9. The van der Waals surface area contributed by atoms with E-state index in [9.17, 15) is 0 Å². The van der Waals surface area contributed by atoms with E-state index in [0.717, 1.165) is 68.5 Å². The van der Waals surface area contributed by atoms with Crippen molar-refractivity contribution in [2.24, 2.45) is 5.92 Å². The quantitative estimate of drug-likeness (QED) is 0.134. The second kappa shape index (κ2) is 9.93. The summed E-state index contributed by atoms with van der Waals surface area (Å²) in [4.78, 5) is 17.7. The summed E-state index contributed by atoms with van der Waals surface area (Å²) in [6.45, 7) is 14.2. The van der Waals surface area contributed by atoms with Crippen molar-refractivity contribution < 1.29 is 18.3 Å². The number of nitrogen functional groups attached to an aromatic ring is 1. The number of rotatable bonds is 5. The maximum absolute atomic E-state index is 17.3. The number of thiophene rings is 1. The van der Waals surface area contributed by atoms with Gasteiger partial charge in [0.05, 0.1) is 32.2 Å². The molecule has 2 N–H and O–H groups in total. The number of ether oxygens (including phenoxy) is 2. The topological polar surface area (TPSA) is 81.1 Å². The van der Waals surface area contributed by atoms with Gasteiger partial charge in [0, 0.05) is 23.0 Å². The minimum Gasteiger partial charge on any atom is -0.488 e. The third kappa shape index (κ3) is 3.88. The van der Waals surface area contributed by atoms with E-state index in [4.69, 9.17) is 44.8 Å². The fourth-order valence-electron chi connectivity index (χ4n) is 8.77. The molecule has 2 bridgehead atoms. The van der Waals surface area contributed by atoms with Crippen molar-refractivity contribution in [3.8, 4) is 35.2 Å². The van der Waals surface area contributed by atoms with E-state index >= 15 is 8.78 Å². The van der Waals surface area contributed by atoms with Gasteiger partial charge in [-0.05, 0) is 62.6 Å². The molecule has 2 aromatic heterocycles. The predicted molar refractivity (Wildman–Crippen MR) is 179 cm³/mol. The van der Waals surface area contributed by atoms with Crippen LogP contribution in [0.25, 0.3) is 37.0 Å². The Morgan fingerprint density at radius 3 is 2.81 bits per heavy atom. The molecule has 5 heterocycles. The Balaban J connectivity index is 1.29. The number of nitrogens with zero attached hydrogens (tertiary/aromatic N) is 5. The van der Waals surface area contributed by atoms with Crippen LogP contribution >= 0.6 is 22.9 Å². The zero-order chi connectivity index (χ0) is 32.4. The SMILES string of the molecule is [C-]#[N+]c1c(N)sc2c(F)ccc(-c3c(Cl)c4c5c(nc(OC[C@@]67CCCN6CC(=C)C7)nc5c3F)N(C35CC(C3)C5)[C@@H](C#C)CO4)c12. The van der Waals surface area contributed by atoms with Gasteiger partial charge in [-0.15, -0.1) is 17.8 Å². The van der Waals surface area contributed by atoms with Crippen molar-refractivity contribution >= 4 is 60.4 Å². The lowest BCUT2D eigenvalue weighted by molar-refractivity contribution is -0.0301. The van der Waals surface area contributed by atoms with E-state index in [1.807, 2.05) is 0 Å². The summed E-state index contributed by atoms with van der Waals surface area (Å²) in [7, 11) is 0. The molecule has 8 nitrogen and oxygen atoms in total. The normalized spacial score (nSPS) is 27.5. The van der Waals surface area contributed by atoms with Crippen LogP contribution in [-0.2, 0) is 0 Å². The Labute approximate surface area is 278 Å². The highest BCUT2D eigenvalue weighted by atomic mass is 35.5. The molecule has 238 valence electrons. The number of nitrogens with two attached hydrogens (primary N) is 1. The molecular weight excluding hydrogens is 642 g/mol. The van der Waals surface area contributed by atoms with Gasteiger partial charge < -0.3 is 20.1 Å². The summed E-state index contributed by atoms with van der Waals surface area (Å²) in [6, 6.07) is 2.17. The van der Waals surface area contributed by atoms with Gasteiger partial charge in [0.2, 0.25) is 5.69 Å². The summed E-state index contributed by atoms with van der Waals surface area (Å²) >= 11 is 8.02. The minimum atomic E-state index is -0.758. The van der Waals surface area contributed by atoms with Gasteiger partial charge >= 0.3 is 6.01 Å². The van der Waals surface area contributed by atoms with E-state index in [1.54, 1.807) is 0 Å². The molecule has 3 aliphatic heterocycles. The van der Waals surface area contributed by atoms with Crippen LogP contribution in [0.3, 0.4) is 0 Å². The fourth-order valence-corrected chi connectivity index (χ4v) is 10.0. The van der Waals surface area contributed by atoms with Crippen LogP contribution in [0.5, 0.6) is 11.8 Å². The molecule has 3 saturated carbocycles. The van der Waals surface area contributed by atoms with Gasteiger partial charge in [0.1, 0.15) is 36.4 Å². The smallest absolute Gasteiger partial charge is 0.319 e. The van der Waals surface area contributed by atoms with Gasteiger partial charge in [0.15, 0.2) is 11.6 Å². The number of terminal acetylenes is 1. The van der Waals surface area contributed by atoms with E-state index in [0.29, 0.717) is 23.7 Å². The van der Waals surface area contributed by atoms with E-state index in [1.165, 1.54) is 12.1 Å². The monoisotopic (exact) mass is 670 g/mol. The molecule has 2 atom stereocenters. The summed E-state index contributed by atoms with van der Waals surface area (Å²) in [5, 5.41) is 0.597. The molecule has 6 aliphatic rings. The number of benzene rings is 2. The van der Waals surface area contributed by atoms with Crippen LogP contribution in [0, 0.1) is 36.5 Å². The van der Waals surface area contributed by atoms with Crippen molar-refractivity contribution in [2.75, 3.05) is 36.9 Å². The van der Waals surface area contributed by atoms with E-state index < -0.39 is 17.7 Å². The van der Waals surface area contributed by atoms with Crippen LogP contribution in [0.1, 0.15) is 38.5 Å². The average Bonchev–Trinajstić information content (AvgIpc) is 3.61. The minimum absolute atomic E-state index is 0.0320. The van der Waals surface area contributed by atoms with Crippen LogP contribution in [0.15, 0.2) is 24.3 Å². The second-order valence-corrected chi connectivity index (χ2v) is 15.1. The molecule has 0 unspecified atom stereocenters. The zero-order valence-corrected chi connectivity index (χ0v) is 26.9. The third-order valence-corrected chi connectivity index (χ3v) is 12.3. The van der Waals surface area contributed by atoms with Crippen LogP contribution in [-0.4, -0.2) is 58.3 Å². The molecule has 3 aliphatic carbocycles. The number of hydrogen-bond acceptors (Lipinski definition) is 8. The van der Waals surface area contributed by atoms with Crippen LogP contribution in [0.4, 0.5) is 25.3 Å². The maximum atomic E-state index is 17.3. The third-order valence-electron chi connectivity index (χ3n) is 11.0. The number of aromatic nitrogens is 2. The van der Waals surface area contributed by atoms with Crippen molar-refractivity contribution in [1.82, 2.24) is 14.9 Å². The Bertz CT molecular complexity index is 2160. The highest BCUT2D eigenvalue weighted by Crippen LogP contribution is 2.63. The molecular formula is C35H29ClF2N6O2S. The largest absolute Gasteiger partial charge is 0.488 e. The Hall–Kier alpha value is -4.16. The van der Waals surface area contributed by atoms with Gasteiger partial charge in [-0.2, -0.15) is 9.97 Å². The molecule has 10 rings (SSSR count). The van der Waals surface area contributed by atoms with Crippen molar-refractivity contribution in [3.05, 3.63) is 52.4 Å². The highest BCUT2D eigenvalue weighted by molar-refractivity contribution is 7.23. The molecule has 12 heteroatoms. The molecule has 0 amide bonds. The second-order valence-electron chi connectivity index (χ2n) is 13.6. The molecule has 5 fully saturated rings. The van der Waals surface area contributed by atoms with E-state index in [-0.39, 0.29) is 71.9 Å². The van der Waals surface area contributed by atoms with Crippen LogP contribution in [0.2, 0.25) is 5.02 Å². The summed E-state index contributed by atoms with van der Waals surface area (Å²) < 4.78 is 45.2. The summed E-state index contributed by atoms with van der Waals surface area (Å²) in [5.41, 5.74) is 7.01. The molecule has 2 saturated heterocycles. The van der Waals surface area contributed by atoms with Gasteiger partial charge in [0.25, 0.3) is 0 Å². The molecule has 47 heavy (non-hydrogen) atoms. The van der Waals surface area contributed by atoms with Gasteiger partial charge in [-0.25, -0.2) is 13.6 Å². The number of anilines is 2. The Morgan fingerprint density at radius 2 is 2.09 bits per heavy atom. The number of halogens is 3. The maximum Gasteiger partial charge on any atom is 0.319 e. The number of fused-ring (bicyclic) bond motifs is 2. The standard InChI is InChI=1S/C35H29ClF2N6O2S/c1-4-19-15-45-29-24-27(26(38)22(25(29)36)20-6-7-21(37)30-23(20)28(40-3)31(39)47-30)41-33(42-32(24)44(19)35-11-18(12-35)13-35)46-16-34-8-5-9-43(34)14-17(2)10-34/h1,6-7,18-19H,2,5,8-16,39H2/t18?,19-,34-,35?/m0/s1. The first-order valence-electron chi connectivity index (χ1n) is 15.7. The average molecular weight is 671 g/mol. The predicted octanol–water partition coefficient (Wildman–Crippen LogP) is 7.50. The van der Waals surface area contributed by atoms with Crippen LogP contribution < -0.4 is 20.1 Å². The van der Waals surface area contributed by atoms with Crippen molar-refractivity contribution in [3.63, 3.8) is 0 Å². The molecule has 0 spiro atoms. The molecule has 2 aromatic carbocycles. The zero-order valence-electron chi connectivity index (χ0n) is 25.3. The molecule has 4 aromatic rings. The Morgan fingerprint density at radius 1 is 1.28 bits per heavy atom. The summed E-state index contributed by atoms with van der Waals surface area (Å²) in [5.74, 6) is 2.82. The van der Waals surface area contributed by atoms with E-state index in [2.05, 4.69) is 32.1 Å². The summed E-state index contributed by atoms with van der Waals surface area (Å²) in [6.07, 6.45) is 11.9. The lowest BCUT2D eigenvalue weighted by atomic mass is 9.48. The van der Waals surface area contributed by atoms with Crippen molar-refractivity contribution in [1.29, 1.82) is 0 Å². The van der Waals surface area contributed by atoms with Gasteiger partial charge in [-0.1, -0.05) is 35.7 Å². The lowest BCUT2D eigenvalue weighted by Gasteiger charge is -2.67. The highest BCUT2D eigenvalue weighted by Gasteiger charge is 2.62. The first kappa shape index (κ1) is 29.0. The lowest BCUT2D eigenvalue weighted by Crippen LogP contribution is -2.71. The fraction of sp³-hybridized carbons (Fsp3) is 0.400.